The number of rotatable bonds is 4. The smallest absolute Gasteiger partial charge is 0.245 e. The Balaban J connectivity index is 1.86. The molecule has 0 bridgehead atoms. The highest BCUT2D eigenvalue weighted by atomic mass is 35.5. The molecule has 7 heteroatoms. The molecule has 6 nitrogen and oxygen atoms in total. The molecule has 2 N–H and O–H groups in total. The van der Waals surface area contributed by atoms with Gasteiger partial charge in [0, 0.05) is 12.1 Å². The molecule has 0 atom stereocenters. The van der Waals surface area contributed by atoms with Gasteiger partial charge in [0.1, 0.15) is 12.1 Å². The number of nitrogens with one attached hydrogen (secondary N) is 2. The Hall–Kier alpha value is -2.34. The molecule has 0 spiro atoms. The third-order valence-corrected chi connectivity index (χ3v) is 3.02. The van der Waals surface area contributed by atoms with Crippen molar-refractivity contribution < 1.29 is 4.74 Å². The largest absolute Gasteiger partial charge is 0.471 e. The van der Waals surface area contributed by atoms with Crippen LogP contribution >= 0.6 is 11.6 Å². The van der Waals surface area contributed by atoms with Gasteiger partial charge >= 0.3 is 0 Å². The van der Waals surface area contributed by atoms with E-state index in [1.807, 2.05) is 24.3 Å². The van der Waals surface area contributed by atoms with E-state index in [2.05, 4.69) is 25.3 Å². The van der Waals surface area contributed by atoms with Crippen LogP contribution in [0.4, 0.5) is 5.95 Å². The Labute approximate surface area is 120 Å². The number of anilines is 1. The van der Waals surface area contributed by atoms with E-state index in [1.54, 1.807) is 13.4 Å². The fraction of sp³-hybridized carbons (Fsp3) is 0.154. The standard InChI is InChI=1S/C13H12ClN5O/c1-15-13-18-11-10(16-7-17-11)12(19-13)20-6-8-2-4-9(14)5-3-8/h2-5,7H,6H2,1H3,(H2,15,16,17,18,19). The van der Waals surface area contributed by atoms with Crippen molar-refractivity contribution in [2.24, 2.45) is 0 Å². The van der Waals surface area contributed by atoms with Crippen molar-refractivity contribution in [2.75, 3.05) is 12.4 Å². The fourth-order valence-corrected chi connectivity index (χ4v) is 1.88. The van der Waals surface area contributed by atoms with Crippen molar-refractivity contribution in [3.8, 4) is 5.88 Å². The molecule has 2 heterocycles. The predicted octanol–water partition coefficient (Wildman–Crippen LogP) is 2.63. The minimum absolute atomic E-state index is 0.394. The monoisotopic (exact) mass is 289 g/mol. The number of imidazole rings is 1. The van der Waals surface area contributed by atoms with E-state index in [0.717, 1.165) is 5.56 Å². The highest BCUT2D eigenvalue weighted by molar-refractivity contribution is 6.30. The highest BCUT2D eigenvalue weighted by Crippen LogP contribution is 2.21. The van der Waals surface area contributed by atoms with E-state index in [9.17, 15) is 0 Å². The first kappa shape index (κ1) is 12.7. The zero-order valence-electron chi connectivity index (χ0n) is 10.7. The van der Waals surface area contributed by atoms with E-state index >= 15 is 0 Å². The molecular weight excluding hydrogens is 278 g/mol. The second-order valence-corrected chi connectivity index (χ2v) is 4.56. The summed E-state index contributed by atoms with van der Waals surface area (Å²) in [7, 11) is 1.75. The Morgan fingerprint density at radius 1 is 1.25 bits per heavy atom. The molecule has 102 valence electrons. The number of hydrogen-bond acceptors (Lipinski definition) is 5. The molecule has 0 radical (unpaired) electrons. The Morgan fingerprint density at radius 3 is 2.80 bits per heavy atom. The number of halogens is 1. The van der Waals surface area contributed by atoms with Gasteiger partial charge in [-0.15, -0.1) is 0 Å². The molecule has 0 saturated carbocycles. The van der Waals surface area contributed by atoms with Gasteiger partial charge in [0.05, 0.1) is 6.33 Å². The molecule has 0 saturated heterocycles. The van der Waals surface area contributed by atoms with Crippen molar-refractivity contribution in [3.63, 3.8) is 0 Å². The molecule has 0 fully saturated rings. The van der Waals surface area contributed by atoms with Crippen molar-refractivity contribution >= 4 is 28.7 Å². The zero-order valence-corrected chi connectivity index (χ0v) is 11.5. The van der Waals surface area contributed by atoms with Crippen LogP contribution < -0.4 is 10.1 Å². The van der Waals surface area contributed by atoms with Crippen LogP contribution in [0.3, 0.4) is 0 Å². The highest BCUT2D eigenvalue weighted by Gasteiger charge is 2.10. The second-order valence-electron chi connectivity index (χ2n) is 4.12. The molecule has 2 aromatic heterocycles. The van der Waals surface area contributed by atoms with Gasteiger partial charge in [-0.3, -0.25) is 0 Å². The van der Waals surface area contributed by atoms with Gasteiger partial charge in [0.25, 0.3) is 0 Å². The molecule has 0 amide bonds. The summed E-state index contributed by atoms with van der Waals surface area (Å²) in [5, 5.41) is 3.58. The molecule has 0 aliphatic carbocycles. The quantitative estimate of drug-likeness (QED) is 0.772. The lowest BCUT2D eigenvalue weighted by atomic mass is 10.2. The number of aromatic nitrogens is 4. The summed E-state index contributed by atoms with van der Waals surface area (Å²) < 4.78 is 5.74. The maximum absolute atomic E-state index is 5.85. The molecule has 0 aliphatic heterocycles. The van der Waals surface area contributed by atoms with Crippen molar-refractivity contribution in [1.29, 1.82) is 0 Å². The van der Waals surface area contributed by atoms with Gasteiger partial charge in [-0.25, -0.2) is 4.98 Å². The van der Waals surface area contributed by atoms with Crippen LogP contribution in [0.1, 0.15) is 5.56 Å². The third-order valence-electron chi connectivity index (χ3n) is 2.76. The zero-order chi connectivity index (χ0) is 13.9. The molecule has 0 aliphatic rings. The van der Waals surface area contributed by atoms with Crippen molar-refractivity contribution in [1.82, 2.24) is 19.9 Å². The van der Waals surface area contributed by atoms with Crippen LogP contribution in [0, 0.1) is 0 Å². The molecule has 0 unspecified atom stereocenters. The summed E-state index contributed by atoms with van der Waals surface area (Å²) in [6.07, 6.45) is 1.56. The van der Waals surface area contributed by atoms with Gasteiger partial charge in [0.15, 0.2) is 5.65 Å². The van der Waals surface area contributed by atoms with Crippen LogP contribution in [0.25, 0.3) is 11.2 Å². The number of ether oxygens (including phenoxy) is 1. The van der Waals surface area contributed by atoms with Crippen molar-refractivity contribution in [3.05, 3.63) is 41.2 Å². The van der Waals surface area contributed by atoms with Crippen LogP contribution in [0.2, 0.25) is 5.02 Å². The maximum Gasteiger partial charge on any atom is 0.245 e. The van der Waals surface area contributed by atoms with E-state index in [1.165, 1.54) is 0 Å². The normalized spacial score (nSPS) is 10.7. The average Bonchev–Trinajstić information content (AvgIpc) is 2.94. The molecule has 3 rings (SSSR count). The number of aromatic amines is 1. The lowest BCUT2D eigenvalue weighted by Crippen LogP contribution is -2.02. The van der Waals surface area contributed by atoms with Crippen LogP contribution in [-0.4, -0.2) is 27.0 Å². The molecule has 20 heavy (non-hydrogen) atoms. The number of benzene rings is 1. The van der Waals surface area contributed by atoms with Gasteiger partial charge in [-0.05, 0) is 17.7 Å². The van der Waals surface area contributed by atoms with Gasteiger partial charge in [-0.1, -0.05) is 23.7 Å². The fourth-order valence-electron chi connectivity index (χ4n) is 1.76. The van der Waals surface area contributed by atoms with Crippen LogP contribution in [-0.2, 0) is 6.61 Å². The maximum atomic E-state index is 5.85. The number of H-pyrrole nitrogens is 1. The average molecular weight is 290 g/mol. The van der Waals surface area contributed by atoms with E-state index in [0.29, 0.717) is 34.6 Å². The Kier molecular flexibility index (Phi) is 3.39. The number of fused-ring (bicyclic) bond motifs is 1. The van der Waals surface area contributed by atoms with Gasteiger partial charge in [0.2, 0.25) is 11.8 Å². The minimum Gasteiger partial charge on any atom is -0.471 e. The summed E-state index contributed by atoms with van der Waals surface area (Å²) in [5.74, 6) is 0.933. The lowest BCUT2D eigenvalue weighted by molar-refractivity contribution is 0.297. The molecular formula is C13H12ClN5O. The van der Waals surface area contributed by atoms with Crippen LogP contribution in [0.15, 0.2) is 30.6 Å². The first-order valence-electron chi connectivity index (χ1n) is 6.02. The number of nitrogens with zero attached hydrogens (tertiary/aromatic N) is 3. The van der Waals surface area contributed by atoms with Crippen molar-refractivity contribution in [2.45, 2.75) is 6.61 Å². The summed E-state index contributed by atoms with van der Waals surface area (Å²) >= 11 is 5.85. The summed E-state index contributed by atoms with van der Waals surface area (Å²) in [4.78, 5) is 15.6. The summed E-state index contributed by atoms with van der Waals surface area (Å²) in [6.45, 7) is 0.394. The van der Waals surface area contributed by atoms with E-state index in [4.69, 9.17) is 16.3 Å². The Bertz CT molecular complexity index is 725. The molecule has 1 aromatic carbocycles. The number of hydrogen-bond donors (Lipinski definition) is 2. The topological polar surface area (TPSA) is 75.7 Å². The van der Waals surface area contributed by atoms with E-state index < -0.39 is 0 Å². The molecule has 3 aromatic rings. The van der Waals surface area contributed by atoms with E-state index in [-0.39, 0.29) is 0 Å². The lowest BCUT2D eigenvalue weighted by Gasteiger charge is -2.07. The minimum atomic E-state index is 0.394. The Morgan fingerprint density at radius 2 is 2.05 bits per heavy atom. The summed E-state index contributed by atoms with van der Waals surface area (Å²) in [6, 6.07) is 7.47. The predicted molar refractivity (Wildman–Crippen MR) is 77.0 cm³/mol. The van der Waals surface area contributed by atoms with Gasteiger partial charge < -0.3 is 15.0 Å². The van der Waals surface area contributed by atoms with Crippen LogP contribution in [0.5, 0.6) is 5.88 Å². The second kappa shape index (κ2) is 5.34. The first-order chi connectivity index (χ1) is 9.76. The third kappa shape index (κ3) is 2.50. The summed E-state index contributed by atoms with van der Waals surface area (Å²) in [5.41, 5.74) is 2.25. The SMILES string of the molecule is CNc1nc(OCc2ccc(Cl)cc2)c2[nH]cnc2n1. The van der Waals surface area contributed by atoms with Gasteiger partial charge in [-0.2, -0.15) is 9.97 Å². The first-order valence-corrected chi connectivity index (χ1v) is 6.40.